The third-order valence-electron chi connectivity index (χ3n) is 3.66. The summed E-state index contributed by atoms with van der Waals surface area (Å²) in [5.74, 6) is 1.19. The summed E-state index contributed by atoms with van der Waals surface area (Å²) >= 11 is 0. The molecule has 3 heterocycles. The Morgan fingerprint density at radius 3 is 3.00 bits per heavy atom. The van der Waals surface area contributed by atoms with Crippen LogP contribution in [0.25, 0.3) is 0 Å². The number of rotatable bonds is 5. The first-order valence-electron chi connectivity index (χ1n) is 7.10. The van der Waals surface area contributed by atoms with Gasteiger partial charge in [-0.2, -0.15) is 0 Å². The Kier molecular flexibility index (Phi) is 4.15. The zero-order valence-corrected chi connectivity index (χ0v) is 12.5. The van der Waals surface area contributed by atoms with Crippen LogP contribution in [0.3, 0.4) is 0 Å². The van der Waals surface area contributed by atoms with Crippen molar-refractivity contribution < 1.29 is 23.2 Å². The van der Waals surface area contributed by atoms with Gasteiger partial charge in [-0.3, -0.25) is 4.79 Å². The van der Waals surface area contributed by atoms with Gasteiger partial charge in [0.1, 0.15) is 5.76 Å². The van der Waals surface area contributed by atoms with Gasteiger partial charge in [-0.1, -0.05) is 5.16 Å². The Morgan fingerprint density at radius 2 is 2.32 bits per heavy atom. The van der Waals surface area contributed by atoms with Crippen LogP contribution in [0, 0.1) is 12.8 Å². The van der Waals surface area contributed by atoms with Gasteiger partial charge >= 0.3 is 0 Å². The maximum Gasteiger partial charge on any atom is 0.287 e. The first-order chi connectivity index (χ1) is 10.7. The van der Waals surface area contributed by atoms with Crippen molar-refractivity contribution in [3.05, 3.63) is 35.4 Å². The van der Waals surface area contributed by atoms with Gasteiger partial charge in [-0.25, -0.2) is 0 Å². The Hall–Kier alpha value is -2.28. The number of aromatic nitrogens is 1. The third kappa shape index (κ3) is 3.14. The van der Waals surface area contributed by atoms with Gasteiger partial charge in [0.2, 0.25) is 0 Å². The molecule has 0 unspecified atom stereocenters. The molecule has 2 aromatic heterocycles. The van der Waals surface area contributed by atoms with Crippen molar-refractivity contribution in [2.75, 3.05) is 20.3 Å². The summed E-state index contributed by atoms with van der Waals surface area (Å²) in [6, 6.07) is 5.00. The highest BCUT2D eigenvalue weighted by Crippen LogP contribution is 2.21. The fraction of sp³-hybridized carbons (Fsp3) is 0.467. The number of nitrogens with one attached hydrogen (secondary N) is 1. The molecule has 0 saturated carbocycles. The van der Waals surface area contributed by atoms with Gasteiger partial charge in [0.15, 0.2) is 5.76 Å². The zero-order valence-electron chi connectivity index (χ0n) is 12.5. The Labute approximate surface area is 127 Å². The molecule has 0 aliphatic carbocycles. The van der Waals surface area contributed by atoms with Crippen molar-refractivity contribution in [2.45, 2.75) is 19.4 Å². The minimum Gasteiger partial charge on any atom is -0.468 e. The van der Waals surface area contributed by atoms with E-state index in [9.17, 15) is 4.79 Å². The van der Waals surface area contributed by atoms with E-state index in [4.69, 9.17) is 18.4 Å². The van der Waals surface area contributed by atoms with Crippen molar-refractivity contribution >= 4 is 5.91 Å². The summed E-state index contributed by atoms with van der Waals surface area (Å²) in [6.45, 7) is 2.93. The molecule has 1 fully saturated rings. The van der Waals surface area contributed by atoms with Crippen LogP contribution in [0.2, 0.25) is 0 Å². The average molecular weight is 306 g/mol. The number of nitrogens with zero attached hydrogens (tertiary/aromatic N) is 1. The maximum absolute atomic E-state index is 12.2. The van der Waals surface area contributed by atoms with E-state index in [1.807, 2.05) is 13.0 Å². The van der Waals surface area contributed by atoms with Gasteiger partial charge in [0.05, 0.1) is 32.1 Å². The summed E-state index contributed by atoms with van der Waals surface area (Å²) in [7, 11) is 1.49. The monoisotopic (exact) mass is 306 g/mol. The second kappa shape index (κ2) is 6.23. The quantitative estimate of drug-likeness (QED) is 0.902. The van der Waals surface area contributed by atoms with Gasteiger partial charge in [0.25, 0.3) is 11.9 Å². The Bertz CT molecular complexity index is 648. The Balaban J connectivity index is 1.61. The first-order valence-corrected chi connectivity index (χ1v) is 7.10. The number of hydrogen-bond acceptors (Lipinski definition) is 6. The van der Waals surface area contributed by atoms with Crippen molar-refractivity contribution in [1.82, 2.24) is 10.5 Å². The molecular weight excluding hydrogens is 288 g/mol. The van der Waals surface area contributed by atoms with E-state index in [0.717, 1.165) is 11.5 Å². The molecule has 118 valence electrons. The number of ether oxygens (including phenoxy) is 2. The molecule has 1 aliphatic heterocycles. The molecule has 1 aliphatic rings. The van der Waals surface area contributed by atoms with Crippen molar-refractivity contribution in [3.63, 3.8) is 0 Å². The SMILES string of the molecule is COc1ccc(C(=O)N[C@H]2COC[C@H]2Cc2cc(C)no2)o1. The van der Waals surface area contributed by atoms with E-state index in [2.05, 4.69) is 10.5 Å². The third-order valence-corrected chi connectivity index (χ3v) is 3.66. The number of carbonyl (C=O) groups is 1. The summed E-state index contributed by atoms with van der Waals surface area (Å²) in [4.78, 5) is 12.2. The lowest BCUT2D eigenvalue weighted by molar-refractivity contribution is 0.0890. The number of furan rings is 1. The maximum atomic E-state index is 12.2. The molecule has 0 spiro atoms. The van der Waals surface area contributed by atoms with Gasteiger partial charge in [0, 0.05) is 24.5 Å². The fourth-order valence-corrected chi connectivity index (χ4v) is 2.52. The molecular formula is C15H18N2O5. The molecule has 7 heteroatoms. The lowest BCUT2D eigenvalue weighted by Crippen LogP contribution is -2.40. The number of amides is 1. The van der Waals surface area contributed by atoms with Gasteiger partial charge in [-0.05, 0) is 13.0 Å². The summed E-state index contributed by atoms with van der Waals surface area (Å²) in [6.07, 6.45) is 0.674. The molecule has 0 radical (unpaired) electrons. The van der Waals surface area contributed by atoms with Crippen LogP contribution in [0.5, 0.6) is 5.95 Å². The van der Waals surface area contributed by atoms with E-state index in [1.165, 1.54) is 7.11 Å². The summed E-state index contributed by atoms with van der Waals surface area (Å²) in [5, 5.41) is 6.81. The molecule has 2 aromatic rings. The predicted molar refractivity (Wildman–Crippen MR) is 75.8 cm³/mol. The van der Waals surface area contributed by atoms with Crippen molar-refractivity contribution in [1.29, 1.82) is 0 Å². The van der Waals surface area contributed by atoms with Crippen LogP contribution < -0.4 is 10.1 Å². The second-order valence-electron chi connectivity index (χ2n) is 5.34. The number of carbonyl (C=O) groups excluding carboxylic acids is 1. The van der Waals surface area contributed by atoms with Gasteiger partial charge < -0.3 is 23.7 Å². The van der Waals surface area contributed by atoms with Crippen LogP contribution in [0.15, 0.2) is 27.1 Å². The molecule has 1 amide bonds. The lowest BCUT2D eigenvalue weighted by atomic mass is 9.98. The minimum absolute atomic E-state index is 0.0889. The highest BCUT2D eigenvalue weighted by Gasteiger charge is 2.31. The highest BCUT2D eigenvalue weighted by atomic mass is 16.6. The molecule has 1 N–H and O–H groups in total. The van der Waals surface area contributed by atoms with E-state index in [-0.39, 0.29) is 23.6 Å². The molecule has 1 saturated heterocycles. The van der Waals surface area contributed by atoms with E-state index in [0.29, 0.717) is 25.6 Å². The standard InChI is InChI=1S/C15H18N2O5/c1-9-5-11(22-17-9)6-10-7-20-8-12(10)16-15(18)13-3-4-14(19-2)21-13/h3-5,10,12H,6-8H2,1-2H3,(H,16,18)/t10-,12+/m1/s1. The predicted octanol–water partition coefficient (Wildman–Crippen LogP) is 1.57. The van der Waals surface area contributed by atoms with Crippen molar-refractivity contribution in [2.24, 2.45) is 5.92 Å². The largest absolute Gasteiger partial charge is 0.468 e. The summed E-state index contributed by atoms with van der Waals surface area (Å²) < 4.78 is 20.9. The number of hydrogen-bond donors (Lipinski definition) is 1. The van der Waals surface area contributed by atoms with E-state index >= 15 is 0 Å². The molecule has 2 atom stereocenters. The lowest BCUT2D eigenvalue weighted by Gasteiger charge is -2.17. The van der Waals surface area contributed by atoms with Crippen LogP contribution >= 0.6 is 0 Å². The smallest absolute Gasteiger partial charge is 0.287 e. The summed E-state index contributed by atoms with van der Waals surface area (Å²) in [5.41, 5.74) is 0.845. The fourth-order valence-electron chi connectivity index (χ4n) is 2.52. The minimum atomic E-state index is -0.280. The number of aryl methyl sites for hydroxylation is 1. The zero-order chi connectivity index (χ0) is 15.5. The number of methoxy groups -OCH3 is 1. The van der Waals surface area contributed by atoms with Crippen LogP contribution in [-0.4, -0.2) is 37.4 Å². The average Bonchev–Trinajstić information content (AvgIpc) is 3.21. The van der Waals surface area contributed by atoms with Crippen LogP contribution in [0.4, 0.5) is 0 Å². The van der Waals surface area contributed by atoms with E-state index in [1.54, 1.807) is 12.1 Å². The Morgan fingerprint density at radius 1 is 1.45 bits per heavy atom. The normalized spacial score (nSPS) is 21.0. The molecule has 3 rings (SSSR count). The van der Waals surface area contributed by atoms with Crippen molar-refractivity contribution in [3.8, 4) is 5.95 Å². The molecule has 0 bridgehead atoms. The highest BCUT2D eigenvalue weighted by molar-refractivity contribution is 5.91. The van der Waals surface area contributed by atoms with Gasteiger partial charge in [-0.15, -0.1) is 0 Å². The van der Waals surface area contributed by atoms with Crippen LogP contribution in [-0.2, 0) is 11.2 Å². The second-order valence-corrected chi connectivity index (χ2v) is 5.34. The molecule has 0 aromatic carbocycles. The van der Waals surface area contributed by atoms with Crippen LogP contribution in [0.1, 0.15) is 22.0 Å². The first kappa shape index (κ1) is 14.6. The molecule has 7 nitrogen and oxygen atoms in total. The van der Waals surface area contributed by atoms with E-state index < -0.39 is 0 Å². The molecule has 22 heavy (non-hydrogen) atoms. The topological polar surface area (TPSA) is 86.7 Å².